The number of hydrogen-bond donors (Lipinski definition) is 1. The highest BCUT2D eigenvalue weighted by atomic mass is 16.2. The topological polar surface area (TPSA) is 35.6 Å². The fourth-order valence-corrected chi connectivity index (χ4v) is 2.06. The number of amides is 1. The van der Waals surface area contributed by atoms with Gasteiger partial charge in [0.25, 0.3) is 0 Å². The summed E-state index contributed by atoms with van der Waals surface area (Å²) in [6.45, 7) is 6.80. The molecule has 4 heteroatoms. The molecule has 2 aliphatic rings. The van der Waals surface area contributed by atoms with Crippen LogP contribution < -0.4 is 5.32 Å². The van der Waals surface area contributed by atoms with Crippen LogP contribution in [0.1, 0.15) is 13.8 Å². The molecule has 0 aromatic heterocycles. The van der Waals surface area contributed by atoms with Crippen LogP contribution in [0.3, 0.4) is 0 Å². The lowest BCUT2D eigenvalue weighted by atomic mass is 9.87. The zero-order valence-electron chi connectivity index (χ0n) is 8.50. The van der Waals surface area contributed by atoms with Gasteiger partial charge in [-0.15, -0.1) is 0 Å². The van der Waals surface area contributed by atoms with Gasteiger partial charge >= 0.3 is 0 Å². The Balaban J connectivity index is 2.05. The second kappa shape index (κ2) is 2.69. The van der Waals surface area contributed by atoms with Crippen molar-refractivity contribution >= 4 is 5.91 Å². The summed E-state index contributed by atoms with van der Waals surface area (Å²) in [6.07, 6.45) is 0. The summed E-state index contributed by atoms with van der Waals surface area (Å²) < 4.78 is 0. The zero-order valence-corrected chi connectivity index (χ0v) is 8.50. The molecule has 2 saturated heterocycles. The third-order valence-corrected chi connectivity index (χ3v) is 3.29. The van der Waals surface area contributed by atoms with Crippen molar-refractivity contribution in [2.75, 3.05) is 26.8 Å². The van der Waals surface area contributed by atoms with Crippen LogP contribution in [0.15, 0.2) is 0 Å². The van der Waals surface area contributed by atoms with E-state index in [1.54, 1.807) is 0 Å². The number of rotatable bonds is 1. The van der Waals surface area contributed by atoms with Crippen molar-refractivity contribution in [2.45, 2.75) is 25.4 Å². The maximum Gasteiger partial charge on any atom is 0.244 e. The predicted molar refractivity (Wildman–Crippen MR) is 50.2 cm³/mol. The van der Waals surface area contributed by atoms with Crippen LogP contribution in [0.2, 0.25) is 0 Å². The van der Waals surface area contributed by atoms with Crippen molar-refractivity contribution in [3.63, 3.8) is 0 Å². The number of nitrogens with zero attached hydrogens (tertiary/aromatic N) is 2. The van der Waals surface area contributed by atoms with Gasteiger partial charge in [0.15, 0.2) is 0 Å². The summed E-state index contributed by atoms with van der Waals surface area (Å²) >= 11 is 0. The Labute approximate surface area is 78.9 Å². The van der Waals surface area contributed by atoms with Gasteiger partial charge in [-0.1, -0.05) is 0 Å². The SMILES string of the molecule is CC(C)N1CC2(C1)C(=O)NCN2C. The molecule has 4 nitrogen and oxygen atoms in total. The second-order valence-corrected chi connectivity index (χ2v) is 4.39. The molecule has 2 rings (SSSR count). The van der Waals surface area contributed by atoms with E-state index in [-0.39, 0.29) is 11.4 Å². The van der Waals surface area contributed by atoms with Crippen molar-refractivity contribution in [2.24, 2.45) is 0 Å². The van der Waals surface area contributed by atoms with Gasteiger partial charge < -0.3 is 5.32 Å². The molecule has 2 fully saturated rings. The quantitative estimate of drug-likeness (QED) is 0.593. The Bertz CT molecular complexity index is 233. The number of likely N-dealkylation sites (N-methyl/N-ethyl adjacent to an activating group) is 1. The monoisotopic (exact) mass is 183 g/mol. The molecule has 1 spiro atoms. The lowest BCUT2D eigenvalue weighted by Gasteiger charge is -2.51. The van der Waals surface area contributed by atoms with Gasteiger partial charge in [0.05, 0.1) is 6.67 Å². The van der Waals surface area contributed by atoms with E-state index in [1.165, 1.54) is 0 Å². The first-order valence-corrected chi connectivity index (χ1v) is 4.80. The van der Waals surface area contributed by atoms with E-state index in [2.05, 4.69) is 29.0 Å². The molecule has 0 atom stereocenters. The van der Waals surface area contributed by atoms with E-state index in [0.29, 0.717) is 12.7 Å². The highest BCUT2D eigenvalue weighted by Gasteiger charge is 2.55. The Morgan fingerprint density at radius 1 is 1.46 bits per heavy atom. The van der Waals surface area contributed by atoms with Crippen LogP contribution in [0, 0.1) is 0 Å². The molecule has 1 amide bonds. The molecule has 0 radical (unpaired) electrons. The Hall–Kier alpha value is -0.610. The van der Waals surface area contributed by atoms with Gasteiger partial charge in [0.1, 0.15) is 5.54 Å². The largest absolute Gasteiger partial charge is 0.342 e. The molecule has 13 heavy (non-hydrogen) atoms. The molecule has 0 bridgehead atoms. The first kappa shape index (κ1) is 8.97. The van der Waals surface area contributed by atoms with Gasteiger partial charge in [0.2, 0.25) is 5.91 Å². The van der Waals surface area contributed by atoms with Crippen molar-refractivity contribution in [3.05, 3.63) is 0 Å². The van der Waals surface area contributed by atoms with Crippen molar-refractivity contribution in [1.82, 2.24) is 15.1 Å². The van der Waals surface area contributed by atoms with Crippen LogP contribution in [-0.2, 0) is 4.79 Å². The number of carbonyl (C=O) groups excluding carboxylic acids is 1. The first-order valence-electron chi connectivity index (χ1n) is 4.80. The van der Waals surface area contributed by atoms with Crippen LogP contribution in [0.25, 0.3) is 0 Å². The average molecular weight is 183 g/mol. The molecule has 2 heterocycles. The fraction of sp³-hybridized carbons (Fsp3) is 0.889. The lowest BCUT2D eigenvalue weighted by molar-refractivity contribution is -0.136. The number of nitrogens with one attached hydrogen (secondary N) is 1. The van der Waals surface area contributed by atoms with E-state index in [4.69, 9.17) is 0 Å². The molecule has 0 aromatic rings. The molecular formula is C9H17N3O. The average Bonchev–Trinajstić information content (AvgIpc) is 2.24. The maximum atomic E-state index is 11.6. The minimum absolute atomic E-state index is 0.201. The molecule has 74 valence electrons. The summed E-state index contributed by atoms with van der Waals surface area (Å²) in [5.74, 6) is 0.201. The van der Waals surface area contributed by atoms with E-state index in [0.717, 1.165) is 13.1 Å². The minimum Gasteiger partial charge on any atom is -0.342 e. The van der Waals surface area contributed by atoms with E-state index < -0.39 is 0 Å². The van der Waals surface area contributed by atoms with Gasteiger partial charge in [-0.25, -0.2) is 0 Å². The van der Waals surface area contributed by atoms with E-state index in [1.807, 2.05) is 7.05 Å². The van der Waals surface area contributed by atoms with Crippen LogP contribution in [0.4, 0.5) is 0 Å². The highest BCUT2D eigenvalue weighted by molar-refractivity contribution is 5.90. The number of likely N-dealkylation sites (tertiary alicyclic amines) is 1. The summed E-state index contributed by atoms with van der Waals surface area (Å²) in [4.78, 5) is 16.0. The molecular weight excluding hydrogens is 166 g/mol. The molecule has 2 aliphatic heterocycles. The van der Waals surface area contributed by atoms with Crippen molar-refractivity contribution in [3.8, 4) is 0 Å². The zero-order chi connectivity index (χ0) is 9.64. The molecule has 0 aliphatic carbocycles. The fourth-order valence-electron chi connectivity index (χ4n) is 2.06. The standard InChI is InChI=1S/C9H17N3O/c1-7(2)12-4-9(5-12)8(13)10-6-11(9)3/h7H,4-6H2,1-3H3,(H,10,13). The van der Waals surface area contributed by atoms with Crippen LogP contribution in [0.5, 0.6) is 0 Å². The van der Waals surface area contributed by atoms with Crippen LogP contribution >= 0.6 is 0 Å². The molecule has 0 aromatic carbocycles. The smallest absolute Gasteiger partial charge is 0.244 e. The lowest BCUT2D eigenvalue weighted by Crippen LogP contribution is -2.71. The van der Waals surface area contributed by atoms with E-state index >= 15 is 0 Å². The van der Waals surface area contributed by atoms with Gasteiger partial charge in [-0.2, -0.15) is 0 Å². The minimum atomic E-state index is -0.204. The van der Waals surface area contributed by atoms with Gasteiger partial charge in [-0.3, -0.25) is 14.6 Å². The first-order chi connectivity index (χ1) is 6.06. The molecule has 1 N–H and O–H groups in total. The third-order valence-electron chi connectivity index (χ3n) is 3.29. The Morgan fingerprint density at radius 2 is 2.08 bits per heavy atom. The summed E-state index contributed by atoms with van der Waals surface area (Å²) in [5, 5.41) is 2.88. The van der Waals surface area contributed by atoms with Crippen LogP contribution in [-0.4, -0.2) is 54.1 Å². The summed E-state index contributed by atoms with van der Waals surface area (Å²) in [5.41, 5.74) is -0.204. The second-order valence-electron chi connectivity index (χ2n) is 4.39. The maximum absolute atomic E-state index is 11.6. The normalized spacial score (nSPS) is 28.2. The Morgan fingerprint density at radius 3 is 2.46 bits per heavy atom. The van der Waals surface area contributed by atoms with Crippen molar-refractivity contribution in [1.29, 1.82) is 0 Å². The Kier molecular flexibility index (Phi) is 1.85. The summed E-state index contributed by atoms with van der Waals surface area (Å²) in [6, 6.07) is 0.549. The number of carbonyl (C=O) groups is 1. The predicted octanol–water partition coefficient (Wildman–Crippen LogP) is -0.532. The third kappa shape index (κ3) is 1.09. The van der Waals surface area contributed by atoms with E-state index in [9.17, 15) is 4.79 Å². The summed E-state index contributed by atoms with van der Waals surface area (Å²) in [7, 11) is 2.01. The van der Waals surface area contributed by atoms with Gasteiger partial charge in [0, 0.05) is 19.1 Å². The van der Waals surface area contributed by atoms with Gasteiger partial charge in [-0.05, 0) is 20.9 Å². The van der Waals surface area contributed by atoms with Crippen molar-refractivity contribution < 1.29 is 4.79 Å². The highest BCUT2D eigenvalue weighted by Crippen LogP contribution is 2.31. The molecule has 0 saturated carbocycles. The number of hydrogen-bond acceptors (Lipinski definition) is 3. The molecule has 0 unspecified atom stereocenters.